The fraction of sp³-hybridized carbons (Fsp3) is 0.292. The van der Waals surface area contributed by atoms with Crippen molar-refractivity contribution in [2.24, 2.45) is 0 Å². The summed E-state index contributed by atoms with van der Waals surface area (Å²) in [5, 5.41) is 14.6. The maximum Gasteiger partial charge on any atom is 0.227 e. The summed E-state index contributed by atoms with van der Waals surface area (Å²) in [6, 6.07) is 14.6. The van der Waals surface area contributed by atoms with Gasteiger partial charge in [-0.05, 0) is 49.7 Å². The summed E-state index contributed by atoms with van der Waals surface area (Å²) in [6.07, 6.45) is 0.211. The molecule has 8 heteroatoms. The second-order valence-corrected chi connectivity index (χ2v) is 8.29. The Hall–Kier alpha value is -2.85. The first-order valence-electron chi connectivity index (χ1n) is 10.1. The van der Waals surface area contributed by atoms with Gasteiger partial charge in [-0.25, -0.2) is 4.68 Å². The van der Waals surface area contributed by atoms with Crippen LogP contribution in [0.3, 0.4) is 0 Å². The number of carbonyl (C=O) groups excluding carboxylic acids is 1. The Kier molecular flexibility index (Phi) is 7.92. The molecule has 0 fully saturated rings. The molecule has 0 unspecified atom stereocenters. The average molecular weight is 471 g/mol. The first-order chi connectivity index (χ1) is 15.3. The van der Waals surface area contributed by atoms with Crippen LogP contribution >= 0.6 is 23.2 Å². The number of benzene rings is 2. The Balaban J connectivity index is 1.83. The second kappa shape index (κ2) is 10.6. The van der Waals surface area contributed by atoms with Crippen LogP contribution in [-0.2, 0) is 22.5 Å². The Morgan fingerprint density at radius 3 is 2.53 bits per heavy atom. The molecular weight excluding hydrogens is 447 g/mol. The SMILES string of the molecule is COCCN(Cc1ccc(C#N)cc1)C(=O)Cc1c(C)nn(-c2ccc(Cl)cc2Cl)c1C. The Morgan fingerprint density at radius 2 is 1.91 bits per heavy atom. The minimum Gasteiger partial charge on any atom is -0.383 e. The van der Waals surface area contributed by atoms with Crippen molar-refractivity contribution in [1.82, 2.24) is 14.7 Å². The fourth-order valence-corrected chi connectivity index (χ4v) is 3.97. The highest BCUT2D eigenvalue weighted by Gasteiger charge is 2.21. The van der Waals surface area contributed by atoms with E-state index in [0.717, 1.165) is 22.5 Å². The van der Waals surface area contributed by atoms with Gasteiger partial charge in [-0.2, -0.15) is 10.4 Å². The summed E-state index contributed by atoms with van der Waals surface area (Å²) in [6.45, 7) is 5.14. The molecule has 0 bridgehead atoms. The number of methoxy groups -OCH3 is 1. The number of amides is 1. The largest absolute Gasteiger partial charge is 0.383 e. The van der Waals surface area contributed by atoms with Gasteiger partial charge in [0.15, 0.2) is 0 Å². The monoisotopic (exact) mass is 470 g/mol. The van der Waals surface area contributed by atoms with Crippen molar-refractivity contribution in [3.05, 3.63) is 80.6 Å². The predicted molar refractivity (Wildman–Crippen MR) is 125 cm³/mol. The number of ether oxygens (including phenoxy) is 1. The van der Waals surface area contributed by atoms with E-state index in [2.05, 4.69) is 11.2 Å². The summed E-state index contributed by atoms with van der Waals surface area (Å²) >= 11 is 12.4. The second-order valence-electron chi connectivity index (χ2n) is 7.45. The standard InChI is InChI=1S/C24H24Cl2N4O2/c1-16-21(17(2)30(28-16)23-9-8-20(25)12-22(23)26)13-24(31)29(10-11-32-3)15-19-6-4-18(14-27)5-7-19/h4-9,12H,10-11,13,15H2,1-3H3. The highest BCUT2D eigenvalue weighted by atomic mass is 35.5. The Morgan fingerprint density at radius 1 is 1.19 bits per heavy atom. The van der Waals surface area contributed by atoms with Crippen molar-refractivity contribution >= 4 is 29.1 Å². The van der Waals surface area contributed by atoms with Gasteiger partial charge in [0.05, 0.1) is 41.1 Å². The third kappa shape index (κ3) is 5.49. The molecule has 166 valence electrons. The van der Waals surface area contributed by atoms with Gasteiger partial charge in [0, 0.05) is 36.5 Å². The minimum atomic E-state index is -0.0284. The molecule has 2 aromatic carbocycles. The van der Waals surface area contributed by atoms with Gasteiger partial charge in [0.2, 0.25) is 5.91 Å². The third-order valence-electron chi connectivity index (χ3n) is 5.28. The van der Waals surface area contributed by atoms with Gasteiger partial charge in [0.25, 0.3) is 0 Å². The van der Waals surface area contributed by atoms with Crippen LogP contribution in [0.1, 0.15) is 28.1 Å². The molecular formula is C24H24Cl2N4O2. The van der Waals surface area contributed by atoms with E-state index in [-0.39, 0.29) is 12.3 Å². The zero-order valence-corrected chi connectivity index (χ0v) is 19.7. The maximum atomic E-state index is 13.2. The summed E-state index contributed by atoms with van der Waals surface area (Å²) in [5.41, 5.74) is 4.73. The van der Waals surface area contributed by atoms with Crippen LogP contribution < -0.4 is 0 Å². The molecule has 1 aromatic heterocycles. The quantitative estimate of drug-likeness (QED) is 0.469. The molecule has 32 heavy (non-hydrogen) atoms. The van der Waals surface area contributed by atoms with E-state index in [1.54, 1.807) is 41.0 Å². The van der Waals surface area contributed by atoms with Crippen molar-refractivity contribution in [1.29, 1.82) is 5.26 Å². The van der Waals surface area contributed by atoms with Gasteiger partial charge >= 0.3 is 0 Å². The van der Waals surface area contributed by atoms with E-state index in [4.69, 9.17) is 33.2 Å². The highest BCUT2D eigenvalue weighted by Crippen LogP contribution is 2.27. The molecule has 6 nitrogen and oxygen atoms in total. The molecule has 0 N–H and O–H groups in total. The lowest BCUT2D eigenvalue weighted by molar-refractivity contribution is -0.131. The minimum absolute atomic E-state index is 0.0284. The number of nitrogens with zero attached hydrogens (tertiary/aromatic N) is 4. The van der Waals surface area contributed by atoms with Crippen LogP contribution in [-0.4, -0.2) is 40.8 Å². The molecule has 0 radical (unpaired) electrons. The van der Waals surface area contributed by atoms with E-state index < -0.39 is 0 Å². The summed E-state index contributed by atoms with van der Waals surface area (Å²) in [5.74, 6) is -0.0284. The van der Waals surface area contributed by atoms with Gasteiger partial charge in [0.1, 0.15) is 0 Å². The Labute approximate surface area is 197 Å². The van der Waals surface area contributed by atoms with E-state index >= 15 is 0 Å². The van der Waals surface area contributed by atoms with E-state index in [9.17, 15) is 4.79 Å². The normalized spacial score (nSPS) is 10.8. The molecule has 0 aliphatic rings. The summed E-state index contributed by atoms with van der Waals surface area (Å²) < 4.78 is 6.95. The lowest BCUT2D eigenvalue weighted by Gasteiger charge is -2.23. The van der Waals surface area contributed by atoms with E-state index in [1.807, 2.05) is 32.0 Å². The van der Waals surface area contributed by atoms with Crippen LogP contribution in [0.4, 0.5) is 0 Å². The van der Waals surface area contributed by atoms with Gasteiger partial charge in [-0.3, -0.25) is 4.79 Å². The van der Waals surface area contributed by atoms with Crippen molar-refractivity contribution < 1.29 is 9.53 Å². The molecule has 3 aromatic rings. The van der Waals surface area contributed by atoms with Crippen molar-refractivity contribution in [3.8, 4) is 11.8 Å². The van der Waals surface area contributed by atoms with Gasteiger partial charge < -0.3 is 9.64 Å². The zero-order valence-electron chi connectivity index (χ0n) is 18.2. The number of aryl methyl sites for hydroxylation is 1. The predicted octanol–water partition coefficient (Wildman–Crippen LogP) is 4.89. The topological polar surface area (TPSA) is 71.2 Å². The smallest absolute Gasteiger partial charge is 0.227 e. The highest BCUT2D eigenvalue weighted by molar-refractivity contribution is 6.35. The Bertz CT molecular complexity index is 1150. The summed E-state index contributed by atoms with van der Waals surface area (Å²) in [4.78, 5) is 15.0. The zero-order chi connectivity index (χ0) is 23.3. The lowest BCUT2D eigenvalue weighted by atomic mass is 10.1. The molecule has 0 spiro atoms. The number of hydrogen-bond acceptors (Lipinski definition) is 4. The molecule has 0 saturated heterocycles. The van der Waals surface area contributed by atoms with Crippen LogP contribution in [0.2, 0.25) is 10.0 Å². The number of aromatic nitrogens is 2. The molecule has 0 aliphatic heterocycles. The number of rotatable bonds is 8. The van der Waals surface area contributed by atoms with Crippen molar-refractivity contribution in [3.63, 3.8) is 0 Å². The average Bonchev–Trinajstić information content (AvgIpc) is 3.05. The summed E-state index contributed by atoms with van der Waals surface area (Å²) in [7, 11) is 1.61. The maximum absolute atomic E-state index is 13.2. The van der Waals surface area contributed by atoms with Crippen LogP contribution in [0, 0.1) is 25.2 Å². The molecule has 1 heterocycles. The number of nitriles is 1. The van der Waals surface area contributed by atoms with Crippen LogP contribution in [0.15, 0.2) is 42.5 Å². The van der Waals surface area contributed by atoms with Gasteiger partial charge in [-0.15, -0.1) is 0 Å². The van der Waals surface area contributed by atoms with Crippen LogP contribution in [0.5, 0.6) is 0 Å². The molecule has 0 atom stereocenters. The molecule has 1 amide bonds. The number of halogens is 2. The fourth-order valence-electron chi connectivity index (χ4n) is 3.48. The molecule has 0 aliphatic carbocycles. The van der Waals surface area contributed by atoms with Gasteiger partial charge in [-0.1, -0.05) is 35.3 Å². The number of hydrogen-bond donors (Lipinski definition) is 0. The third-order valence-corrected chi connectivity index (χ3v) is 5.82. The lowest BCUT2D eigenvalue weighted by Crippen LogP contribution is -2.34. The van der Waals surface area contributed by atoms with Crippen molar-refractivity contribution in [2.45, 2.75) is 26.8 Å². The van der Waals surface area contributed by atoms with Crippen LogP contribution in [0.25, 0.3) is 5.69 Å². The van der Waals surface area contributed by atoms with E-state index in [1.165, 1.54) is 0 Å². The van der Waals surface area contributed by atoms with Crippen molar-refractivity contribution in [2.75, 3.05) is 20.3 Å². The molecule has 3 rings (SSSR count). The number of carbonyl (C=O) groups is 1. The first kappa shape index (κ1) is 23.8. The first-order valence-corrected chi connectivity index (χ1v) is 10.9. The molecule has 0 saturated carbocycles. The van der Waals surface area contributed by atoms with E-state index in [0.29, 0.717) is 41.0 Å².